The summed E-state index contributed by atoms with van der Waals surface area (Å²) in [6.07, 6.45) is 0. The Bertz CT molecular complexity index is 711. The number of likely N-dealkylation sites (N-methyl/N-ethyl adjacent to an activating group) is 1. The van der Waals surface area contributed by atoms with E-state index in [0.29, 0.717) is 26.2 Å². The second-order valence-electron chi connectivity index (χ2n) is 8.83. The summed E-state index contributed by atoms with van der Waals surface area (Å²) in [5.74, 6) is 0. The molecule has 0 bridgehead atoms. The molecule has 2 saturated heterocycles. The summed E-state index contributed by atoms with van der Waals surface area (Å²) in [4.78, 5) is 4.52. The van der Waals surface area contributed by atoms with Gasteiger partial charge in [-0.3, -0.25) is 4.90 Å². The van der Waals surface area contributed by atoms with Gasteiger partial charge in [-0.25, -0.2) is 0 Å². The van der Waals surface area contributed by atoms with Crippen LogP contribution in [0.4, 0.5) is 0 Å². The van der Waals surface area contributed by atoms with Crippen molar-refractivity contribution in [3.63, 3.8) is 0 Å². The average Bonchev–Trinajstić information content (AvgIpc) is 2.62. The molecule has 27 heavy (non-hydrogen) atoms. The van der Waals surface area contributed by atoms with E-state index in [1.807, 2.05) is 7.05 Å². The Morgan fingerprint density at radius 2 is 1.30 bits per heavy atom. The number of nitrogens with zero attached hydrogens (tertiary/aromatic N) is 4. The first kappa shape index (κ1) is 20.7. The van der Waals surface area contributed by atoms with E-state index in [9.17, 15) is 8.42 Å². The first-order valence-corrected chi connectivity index (χ1v) is 11.3. The zero-order valence-electron chi connectivity index (χ0n) is 17.2. The molecule has 0 atom stereocenters. The highest BCUT2D eigenvalue weighted by atomic mass is 32.2. The molecule has 0 radical (unpaired) electrons. The maximum Gasteiger partial charge on any atom is 0.282 e. The van der Waals surface area contributed by atoms with Gasteiger partial charge < -0.3 is 4.90 Å². The third-order valence-corrected chi connectivity index (χ3v) is 7.71. The van der Waals surface area contributed by atoms with Crippen LogP contribution in [0, 0.1) is 0 Å². The van der Waals surface area contributed by atoms with Crippen LogP contribution in [0.15, 0.2) is 24.3 Å². The van der Waals surface area contributed by atoms with E-state index in [4.69, 9.17) is 0 Å². The lowest BCUT2D eigenvalue weighted by Gasteiger charge is -2.39. The molecule has 7 heteroatoms. The molecule has 3 rings (SSSR count). The Kier molecular flexibility index (Phi) is 6.27. The Labute approximate surface area is 164 Å². The number of rotatable bonds is 4. The fourth-order valence-corrected chi connectivity index (χ4v) is 5.24. The van der Waals surface area contributed by atoms with Crippen molar-refractivity contribution in [3.05, 3.63) is 35.4 Å². The van der Waals surface area contributed by atoms with Crippen molar-refractivity contribution in [2.24, 2.45) is 0 Å². The Hall–Kier alpha value is -0.990. The molecule has 0 saturated carbocycles. The summed E-state index contributed by atoms with van der Waals surface area (Å²) < 4.78 is 29.0. The molecule has 2 fully saturated rings. The zero-order valence-corrected chi connectivity index (χ0v) is 18.0. The number of benzene rings is 1. The predicted octanol–water partition coefficient (Wildman–Crippen LogP) is 1.59. The standard InChI is InChI=1S/C20H34N4O2S/c1-20(2,3)19-7-5-18(6-8-19)17-22-11-15-24(16-12-22)27(25,26)23-13-9-21(4)10-14-23/h5-8H,9-17H2,1-4H3. The summed E-state index contributed by atoms with van der Waals surface area (Å²) in [5.41, 5.74) is 2.80. The van der Waals surface area contributed by atoms with Crippen molar-refractivity contribution >= 4 is 10.2 Å². The van der Waals surface area contributed by atoms with Gasteiger partial charge in [0.05, 0.1) is 0 Å². The van der Waals surface area contributed by atoms with E-state index in [2.05, 4.69) is 54.8 Å². The summed E-state index contributed by atoms with van der Waals surface area (Å²) >= 11 is 0. The van der Waals surface area contributed by atoms with E-state index in [0.717, 1.165) is 32.7 Å². The second-order valence-corrected chi connectivity index (χ2v) is 10.8. The van der Waals surface area contributed by atoms with Gasteiger partial charge in [0.25, 0.3) is 10.2 Å². The van der Waals surface area contributed by atoms with Crippen LogP contribution in [0.25, 0.3) is 0 Å². The van der Waals surface area contributed by atoms with E-state index in [-0.39, 0.29) is 5.41 Å². The van der Waals surface area contributed by atoms with Gasteiger partial charge in [-0.1, -0.05) is 45.0 Å². The Morgan fingerprint density at radius 3 is 1.78 bits per heavy atom. The highest BCUT2D eigenvalue weighted by molar-refractivity contribution is 7.86. The molecule has 0 amide bonds. The molecule has 2 heterocycles. The number of hydrogen-bond acceptors (Lipinski definition) is 4. The van der Waals surface area contributed by atoms with Crippen LogP contribution < -0.4 is 0 Å². The second kappa shape index (κ2) is 8.17. The normalized spacial score (nSPS) is 22.2. The van der Waals surface area contributed by atoms with Crippen LogP contribution in [0.5, 0.6) is 0 Å². The van der Waals surface area contributed by atoms with Crippen LogP contribution in [0.1, 0.15) is 31.9 Å². The van der Waals surface area contributed by atoms with Crippen molar-refractivity contribution in [3.8, 4) is 0 Å². The minimum absolute atomic E-state index is 0.168. The van der Waals surface area contributed by atoms with Crippen LogP contribution >= 0.6 is 0 Å². The van der Waals surface area contributed by atoms with Crippen LogP contribution in [-0.4, -0.2) is 86.2 Å². The molecule has 0 N–H and O–H groups in total. The highest BCUT2D eigenvalue weighted by Crippen LogP contribution is 2.23. The predicted molar refractivity (Wildman–Crippen MR) is 110 cm³/mol. The molecule has 0 aromatic heterocycles. The van der Waals surface area contributed by atoms with Crippen molar-refractivity contribution in [2.45, 2.75) is 32.7 Å². The molecule has 0 spiro atoms. The van der Waals surface area contributed by atoms with Gasteiger partial charge in [-0.2, -0.15) is 17.0 Å². The Balaban J connectivity index is 1.53. The first-order valence-electron chi connectivity index (χ1n) is 9.92. The topological polar surface area (TPSA) is 47.1 Å². The third-order valence-electron chi connectivity index (χ3n) is 5.67. The largest absolute Gasteiger partial charge is 0.304 e. The quantitative estimate of drug-likeness (QED) is 0.778. The highest BCUT2D eigenvalue weighted by Gasteiger charge is 2.33. The van der Waals surface area contributed by atoms with Gasteiger partial charge >= 0.3 is 0 Å². The zero-order chi connectivity index (χ0) is 19.7. The SMILES string of the molecule is CN1CCN(S(=O)(=O)N2CCN(Cc3ccc(C(C)(C)C)cc3)CC2)CC1. The number of hydrogen-bond donors (Lipinski definition) is 0. The lowest BCUT2D eigenvalue weighted by molar-refractivity contribution is 0.165. The van der Waals surface area contributed by atoms with Crippen LogP contribution in [-0.2, 0) is 22.2 Å². The van der Waals surface area contributed by atoms with Gasteiger partial charge in [0.15, 0.2) is 0 Å². The van der Waals surface area contributed by atoms with Gasteiger partial charge in [-0.15, -0.1) is 0 Å². The summed E-state index contributed by atoms with van der Waals surface area (Å²) in [7, 11) is -1.28. The van der Waals surface area contributed by atoms with E-state index >= 15 is 0 Å². The molecule has 0 aliphatic carbocycles. The summed E-state index contributed by atoms with van der Waals surface area (Å²) in [6, 6.07) is 8.83. The number of piperazine rings is 2. The summed E-state index contributed by atoms with van der Waals surface area (Å²) in [5, 5.41) is 0. The molecule has 152 valence electrons. The monoisotopic (exact) mass is 394 g/mol. The molecule has 1 aromatic carbocycles. The smallest absolute Gasteiger partial charge is 0.282 e. The molecule has 6 nitrogen and oxygen atoms in total. The maximum absolute atomic E-state index is 12.9. The van der Waals surface area contributed by atoms with E-state index in [1.54, 1.807) is 8.61 Å². The minimum Gasteiger partial charge on any atom is -0.304 e. The third kappa shape index (κ3) is 5.09. The Morgan fingerprint density at radius 1 is 0.815 bits per heavy atom. The molecule has 1 aromatic rings. The molecular weight excluding hydrogens is 360 g/mol. The van der Waals surface area contributed by atoms with E-state index in [1.165, 1.54) is 11.1 Å². The molecule has 0 unspecified atom stereocenters. The van der Waals surface area contributed by atoms with Crippen molar-refractivity contribution in [1.29, 1.82) is 0 Å². The lowest BCUT2D eigenvalue weighted by atomic mass is 9.87. The fraction of sp³-hybridized carbons (Fsp3) is 0.700. The van der Waals surface area contributed by atoms with Crippen molar-refractivity contribution in [2.75, 3.05) is 59.4 Å². The average molecular weight is 395 g/mol. The van der Waals surface area contributed by atoms with Gasteiger partial charge in [0, 0.05) is 58.9 Å². The summed E-state index contributed by atoms with van der Waals surface area (Å²) in [6.45, 7) is 13.1. The van der Waals surface area contributed by atoms with Crippen LogP contribution in [0.2, 0.25) is 0 Å². The van der Waals surface area contributed by atoms with Gasteiger partial charge in [-0.05, 0) is 23.6 Å². The van der Waals surface area contributed by atoms with Crippen molar-refractivity contribution in [1.82, 2.24) is 18.4 Å². The van der Waals surface area contributed by atoms with Gasteiger partial charge in [0.2, 0.25) is 0 Å². The van der Waals surface area contributed by atoms with Gasteiger partial charge in [0.1, 0.15) is 0 Å². The molecule has 2 aliphatic rings. The van der Waals surface area contributed by atoms with Crippen LogP contribution in [0.3, 0.4) is 0 Å². The van der Waals surface area contributed by atoms with Crippen molar-refractivity contribution < 1.29 is 8.42 Å². The van der Waals surface area contributed by atoms with E-state index < -0.39 is 10.2 Å². The lowest BCUT2D eigenvalue weighted by Crippen LogP contribution is -2.56. The molecule has 2 aliphatic heterocycles. The first-order chi connectivity index (χ1) is 12.7. The molecular formula is C20H34N4O2S. The fourth-order valence-electron chi connectivity index (χ4n) is 3.67. The minimum atomic E-state index is -3.31. The maximum atomic E-state index is 12.9.